The zero-order valence-electron chi connectivity index (χ0n) is 10.1. The summed E-state index contributed by atoms with van der Waals surface area (Å²) in [7, 11) is 0. The van der Waals surface area contributed by atoms with Crippen molar-refractivity contribution in [2.45, 2.75) is 19.4 Å². The van der Waals surface area contributed by atoms with Crippen molar-refractivity contribution in [3.8, 4) is 0 Å². The van der Waals surface area contributed by atoms with Crippen molar-refractivity contribution < 1.29 is 23.9 Å². The molecule has 0 spiro atoms. The number of carbonyl (C=O) groups excluding carboxylic acids is 2. The minimum Gasteiger partial charge on any atom is -0.480 e. The van der Waals surface area contributed by atoms with Crippen molar-refractivity contribution in [1.82, 2.24) is 5.32 Å². The van der Waals surface area contributed by atoms with Gasteiger partial charge >= 0.3 is 5.97 Å². The van der Waals surface area contributed by atoms with E-state index in [0.29, 0.717) is 5.56 Å². The Morgan fingerprint density at radius 1 is 1.42 bits per heavy atom. The molecule has 0 heterocycles. The Balaban J connectivity index is 2.87. The predicted molar refractivity (Wildman–Crippen MR) is 63.8 cm³/mol. The van der Waals surface area contributed by atoms with Crippen LogP contribution >= 0.6 is 0 Å². The number of hydrogen-bond donors (Lipinski definition) is 3. The molecule has 6 nitrogen and oxygen atoms in total. The second-order valence-electron chi connectivity index (χ2n) is 3.99. The highest BCUT2D eigenvalue weighted by Crippen LogP contribution is 2.10. The third-order valence-electron chi connectivity index (χ3n) is 2.44. The quantitative estimate of drug-likeness (QED) is 0.708. The van der Waals surface area contributed by atoms with Gasteiger partial charge < -0.3 is 16.2 Å². The molecular weight excluding hydrogens is 255 g/mol. The van der Waals surface area contributed by atoms with Gasteiger partial charge in [0.05, 0.1) is 6.42 Å². The SMILES string of the molecule is Cc1cc(F)ccc1C(=O)N[C@@H](CC(N)=O)C(=O)O. The van der Waals surface area contributed by atoms with E-state index in [2.05, 4.69) is 5.32 Å². The van der Waals surface area contributed by atoms with E-state index in [9.17, 15) is 18.8 Å². The van der Waals surface area contributed by atoms with Gasteiger partial charge in [0.1, 0.15) is 11.9 Å². The van der Waals surface area contributed by atoms with Crippen LogP contribution in [-0.2, 0) is 9.59 Å². The van der Waals surface area contributed by atoms with Crippen LogP contribution in [-0.4, -0.2) is 28.9 Å². The van der Waals surface area contributed by atoms with E-state index in [1.807, 2.05) is 0 Å². The molecule has 1 atom stereocenters. The van der Waals surface area contributed by atoms with Crippen LogP contribution in [0.2, 0.25) is 0 Å². The highest BCUT2D eigenvalue weighted by Gasteiger charge is 2.23. The minimum absolute atomic E-state index is 0.136. The van der Waals surface area contributed by atoms with Crippen molar-refractivity contribution >= 4 is 17.8 Å². The topological polar surface area (TPSA) is 109 Å². The largest absolute Gasteiger partial charge is 0.480 e. The van der Waals surface area contributed by atoms with Gasteiger partial charge in [-0.15, -0.1) is 0 Å². The lowest BCUT2D eigenvalue weighted by molar-refractivity contribution is -0.140. The number of primary amides is 1. The molecule has 0 saturated carbocycles. The van der Waals surface area contributed by atoms with Gasteiger partial charge in [0, 0.05) is 5.56 Å². The first kappa shape index (κ1) is 14.6. The number of benzene rings is 1. The molecular formula is C12H13FN2O4. The van der Waals surface area contributed by atoms with E-state index >= 15 is 0 Å². The monoisotopic (exact) mass is 268 g/mol. The molecule has 0 aliphatic rings. The zero-order chi connectivity index (χ0) is 14.6. The summed E-state index contributed by atoms with van der Waals surface area (Å²) in [5, 5.41) is 11.0. The number of carboxylic acid groups (broad SMARTS) is 1. The van der Waals surface area contributed by atoms with Crippen molar-refractivity contribution in [2.75, 3.05) is 0 Å². The number of aryl methyl sites for hydroxylation is 1. The van der Waals surface area contributed by atoms with Crippen molar-refractivity contribution in [1.29, 1.82) is 0 Å². The van der Waals surface area contributed by atoms with E-state index in [1.165, 1.54) is 13.0 Å². The van der Waals surface area contributed by atoms with E-state index < -0.39 is 36.1 Å². The van der Waals surface area contributed by atoms with Crippen molar-refractivity contribution in [3.63, 3.8) is 0 Å². The summed E-state index contributed by atoms with van der Waals surface area (Å²) in [6.07, 6.45) is -0.513. The van der Waals surface area contributed by atoms with Crippen LogP contribution in [0.1, 0.15) is 22.3 Å². The molecule has 1 aromatic carbocycles. The molecule has 0 fully saturated rings. The normalized spacial score (nSPS) is 11.7. The fourth-order valence-corrected chi connectivity index (χ4v) is 1.52. The summed E-state index contributed by atoms with van der Waals surface area (Å²) in [5.41, 5.74) is 5.39. The first-order chi connectivity index (χ1) is 8.81. The van der Waals surface area contributed by atoms with Crippen LogP contribution in [0.4, 0.5) is 4.39 Å². The maximum atomic E-state index is 12.9. The second-order valence-corrected chi connectivity index (χ2v) is 3.99. The Kier molecular flexibility index (Phi) is 4.57. The van der Waals surface area contributed by atoms with Crippen molar-refractivity contribution in [2.24, 2.45) is 5.73 Å². The van der Waals surface area contributed by atoms with Gasteiger partial charge in [0.2, 0.25) is 5.91 Å². The van der Waals surface area contributed by atoms with Crippen molar-refractivity contribution in [3.05, 3.63) is 35.1 Å². The third-order valence-corrected chi connectivity index (χ3v) is 2.44. The third kappa shape index (κ3) is 4.06. The van der Waals surface area contributed by atoms with Gasteiger partial charge in [-0.05, 0) is 30.7 Å². The average Bonchev–Trinajstić information content (AvgIpc) is 2.26. The molecule has 19 heavy (non-hydrogen) atoms. The highest BCUT2D eigenvalue weighted by atomic mass is 19.1. The van der Waals surface area contributed by atoms with Crippen LogP contribution in [0.25, 0.3) is 0 Å². The maximum Gasteiger partial charge on any atom is 0.326 e. The summed E-state index contributed by atoms with van der Waals surface area (Å²) in [5.74, 6) is -3.41. The van der Waals surface area contributed by atoms with Gasteiger partial charge in [-0.2, -0.15) is 0 Å². The lowest BCUT2D eigenvalue weighted by Crippen LogP contribution is -2.43. The molecule has 1 aromatic rings. The molecule has 0 aliphatic carbocycles. The Morgan fingerprint density at radius 3 is 2.53 bits per heavy atom. The number of amides is 2. The zero-order valence-corrected chi connectivity index (χ0v) is 10.1. The first-order valence-electron chi connectivity index (χ1n) is 5.39. The maximum absolute atomic E-state index is 12.9. The second kappa shape index (κ2) is 5.94. The molecule has 2 amide bonds. The summed E-state index contributed by atoms with van der Waals surface area (Å²) in [6.45, 7) is 1.52. The minimum atomic E-state index is -1.41. The van der Waals surface area contributed by atoms with E-state index in [4.69, 9.17) is 10.8 Å². The Labute approximate surface area is 108 Å². The van der Waals surface area contributed by atoms with Crippen LogP contribution < -0.4 is 11.1 Å². The summed E-state index contributed by atoms with van der Waals surface area (Å²) in [4.78, 5) is 33.4. The predicted octanol–water partition coefficient (Wildman–Crippen LogP) is 0.193. The fourth-order valence-electron chi connectivity index (χ4n) is 1.52. The molecule has 0 aromatic heterocycles. The average molecular weight is 268 g/mol. The van der Waals surface area contributed by atoms with Gasteiger partial charge in [0.25, 0.3) is 5.91 Å². The molecule has 0 radical (unpaired) electrons. The van der Waals surface area contributed by atoms with Crippen LogP contribution in [0.3, 0.4) is 0 Å². The van der Waals surface area contributed by atoms with Crippen LogP contribution in [0.15, 0.2) is 18.2 Å². The fraction of sp³-hybridized carbons (Fsp3) is 0.250. The summed E-state index contributed by atoms with van der Waals surface area (Å²) in [6, 6.07) is 2.07. The lowest BCUT2D eigenvalue weighted by atomic mass is 10.1. The molecule has 0 bridgehead atoms. The number of carboxylic acids is 1. The molecule has 0 unspecified atom stereocenters. The Morgan fingerprint density at radius 2 is 2.05 bits per heavy atom. The number of nitrogens with one attached hydrogen (secondary N) is 1. The molecule has 0 aliphatic heterocycles. The van der Waals surface area contributed by atoms with Gasteiger partial charge in [-0.3, -0.25) is 9.59 Å². The van der Waals surface area contributed by atoms with Crippen LogP contribution in [0, 0.1) is 12.7 Å². The number of hydrogen-bond acceptors (Lipinski definition) is 3. The van der Waals surface area contributed by atoms with E-state index in [0.717, 1.165) is 12.1 Å². The highest BCUT2D eigenvalue weighted by molar-refractivity contribution is 5.98. The first-order valence-corrected chi connectivity index (χ1v) is 5.39. The number of nitrogens with two attached hydrogens (primary N) is 1. The van der Waals surface area contributed by atoms with Crippen LogP contribution in [0.5, 0.6) is 0 Å². The lowest BCUT2D eigenvalue weighted by Gasteiger charge is -2.13. The smallest absolute Gasteiger partial charge is 0.326 e. The summed E-state index contributed by atoms with van der Waals surface area (Å²) >= 11 is 0. The van der Waals surface area contributed by atoms with E-state index in [-0.39, 0.29) is 5.56 Å². The molecule has 1 rings (SSSR count). The molecule has 7 heteroatoms. The summed E-state index contributed by atoms with van der Waals surface area (Å²) < 4.78 is 12.9. The molecule has 102 valence electrons. The Bertz CT molecular complexity index is 530. The van der Waals surface area contributed by atoms with Gasteiger partial charge in [0.15, 0.2) is 0 Å². The standard InChI is InChI=1S/C12H13FN2O4/c1-6-4-7(13)2-3-8(6)11(17)15-9(12(18)19)5-10(14)16/h2-4,9H,5H2,1H3,(H2,14,16)(H,15,17)(H,18,19)/t9-/m0/s1. The number of rotatable bonds is 5. The Hall–Kier alpha value is -2.44. The van der Waals surface area contributed by atoms with Gasteiger partial charge in [-0.1, -0.05) is 0 Å². The molecule has 0 saturated heterocycles. The van der Waals surface area contributed by atoms with E-state index in [1.54, 1.807) is 0 Å². The number of halogens is 1. The van der Waals surface area contributed by atoms with Gasteiger partial charge in [-0.25, -0.2) is 9.18 Å². The number of carbonyl (C=O) groups is 3. The number of aliphatic carboxylic acids is 1. The molecule has 4 N–H and O–H groups in total.